The number of hydrogen-bond donors (Lipinski definition) is 1. The smallest absolute Gasteiger partial charge is 0.270 e. The van der Waals surface area contributed by atoms with Crippen molar-refractivity contribution in [1.29, 1.82) is 0 Å². The molecule has 3 aromatic rings. The fourth-order valence-electron chi connectivity index (χ4n) is 3.96. The number of hydrogen-bond acceptors (Lipinski definition) is 3. The summed E-state index contributed by atoms with van der Waals surface area (Å²) in [5.74, 6) is -0.256. The van der Waals surface area contributed by atoms with Crippen LogP contribution in [0.15, 0.2) is 53.3 Å². The molecule has 0 saturated carbocycles. The van der Waals surface area contributed by atoms with Crippen LogP contribution in [0.3, 0.4) is 0 Å². The van der Waals surface area contributed by atoms with E-state index in [1.54, 1.807) is 0 Å². The molecule has 29 heavy (non-hydrogen) atoms. The van der Waals surface area contributed by atoms with Gasteiger partial charge in [0.15, 0.2) is 0 Å². The average Bonchev–Trinajstić information content (AvgIpc) is 2.73. The highest BCUT2D eigenvalue weighted by Gasteiger charge is 2.23. The van der Waals surface area contributed by atoms with E-state index < -0.39 is 0 Å². The lowest BCUT2D eigenvalue weighted by molar-refractivity contribution is -0.117. The topological polar surface area (TPSA) is 64.0 Å². The van der Waals surface area contributed by atoms with E-state index in [-0.39, 0.29) is 18.0 Å². The molecule has 1 aliphatic carbocycles. The van der Waals surface area contributed by atoms with Gasteiger partial charge in [0.25, 0.3) is 5.56 Å². The Morgan fingerprint density at radius 1 is 1.03 bits per heavy atom. The van der Waals surface area contributed by atoms with Crippen molar-refractivity contribution in [1.82, 2.24) is 9.78 Å². The first-order valence-electron chi connectivity index (χ1n) is 10.1. The van der Waals surface area contributed by atoms with Gasteiger partial charge >= 0.3 is 0 Å². The van der Waals surface area contributed by atoms with Gasteiger partial charge in [0.2, 0.25) is 5.91 Å². The van der Waals surface area contributed by atoms with Gasteiger partial charge in [0.1, 0.15) is 6.54 Å². The van der Waals surface area contributed by atoms with E-state index in [4.69, 9.17) is 0 Å². The van der Waals surface area contributed by atoms with Gasteiger partial charge in [-0.1, -0.05) is 35.9 Å². The maximum Gasteiger partial charge on any atom is 0.270 e. The molecule has 1 amide bonds. The molecular weight excluding hydrogens is 362 g/mol. The normalized spacial score (nSPS) is 13.0. The predicted octanol–water partition coefficient (Wildman–Crippen LogP) is 4.04. The second kappa shape index (κ2) is 8.03. The van der Waals surface area contributed by atoms with Crippen molar-refractivity contribution < 1.29 is 4.79 Å². The Morgan fingerprint density at radius 2 is 1.76 bits per heavy atom. The highest BCUT2D eigenvalue weighted by Crippen LogP contribution is 2.30. The van der Waals surface area contributed by atoms with Crippen molar-refractivity contribution in [2.24, 2.45) is 0 Å². The molecule has 0 radical (unpaired) electrons. The van der Waals surface area contributed by atoms with Gasteiger partial charge in [-0.15, -0.1) is 0 Å². The molecule has 148 valence electrons. The maximum absolute atomic E-state index is 13.1. The van der Waals surface area contributed by atoms with Crippen LogP contribution in [-0.4, -0.2) is 15.7 Å². The number of carbonyl (C=O) groups is 1. The molecule has 0 aliphatic heterocycles. The third-order valence-corrected chi connectivity index (χ3v) is 5.47. The summed E-state index contributed by atoms with van der Waals surface area (Å²) in [5.41, 5.74) is 6.58. The minimum Gasteiger partial charge on any atom is -0.324 e. The summed E-state index contributed by atoms with van der Waals surface area (Å²) >= 11 is 0. The lowest BCUT2D eigenvalue weighted by atomic mass is 9.88. The van der Waals surface area contributed by atoms with Gasteiger partial charge in [-0.2, -0.15) is 5.10 Å². The van der Waals surface area contributed by atoms with Crippen molar-refractivity contribution in [3.63, 3.8) is 0 Å². The van der Waals surface area contributed by atoms with E-state index in [1.165, 1.54) is 4.68 Å². The van der Waals surface area contributed by atoms with E-state index in [2.05, 4.69) is 42.5 Å². The van der Waals surface area contributed by atoms with Crippen molar-refractivity contribution >= 4 is 11.6 Å². The number of para-hydroxylation sites is 1. The van der Waals surface area contributed by atoms with Crippen LogP contribution < -0.4 is 10.9 Å². The van der Waals surface area contributed by atoms with E-state index in [9.17, 15) is 9.59 Å². The fraction of sp³-hybridized carbons (Fsp3) is 0.292. The number of anilines is 1. The molecule has 1 aliphatic rings. The standard InChI is InChI=1S/C24H25N3O2/c1-16-12-13-17(2)21(14-16)23-19-10-6-7-11-20(19)24(29)27(26-23)15-22(28)25-18-8-4-3-5-9-18/h3-5,8-9,12-14H,6-7,10-11,15H2,1-2H3,(H,25,28). The summed E-state index contributed by atoms with van der Waals surface area (Å²) in [6, 6.07) is 15.5. The average molecular weight is 387 g/mol. The largest absolute Gasteiger partial charge is 0.324 e. The van der Waals surface area contributed by atoms with Gasteiger partial charge in [0, 0.05) is 16.8 Å². The molecule has 0 spiro atoms. The van der Waals surface area contributed by atoms with Gasteiger partial charge < -0.3 is 5.32 Å². The number of fused-ring (bicyclic) bond motifs is 1. The zero-order chi connectivity index (χ0) is 20.4. The molecule has 0 saturated heterocycles. The number of nitrogens with one attached hydrogen (secondary N) is 1. The van der Waals surface area contributed by atoms with Gasteiger partial charge in [0.05, 0.1) is 5.69 Å². The van der Waals surface area contributed by atoms with Crippen molar-refractivity contribution in [3.05, 3.63) is 81.1 Å². The third-order valence-electron chi connectivity index (χ3n) is 5.47. The summed E-state index contributed by atoms with van der Waals surface area (Å²) in [4.78, 5) is 25.6. The van der Waals surface area contributed by atoms with Crippen LogP contribution in [0.4, 0.5) is 5.69 Å². The Kier molecular flexibility index (Phi) is 5.30. The SMILES string of the molecule is Cc1ccc(C)c(-c2nn(CC(=O)Nc3ccccc3)c(=O)c3c2CCCC3)c1. The Hall–Kier alpha value is -3.21. The van der Waals surface area contributed by atoms with E-state index in [0.29, 0.717) is 5.69 Å². The summed E-state index contributed by atoms with van der Waals surface area (Å²) < 4.78 is 1.33. The first-order chi connectivity index (χ1) is 14.0. The second-order valence-electron chi connectivity index (χ2n) is 7.71. The van der Waals surface area contributed by atoms with Gasteiger partial charge in [-0.3, -0.25) is 9.59 Å². The fourth-order valence-corrected chi connectivity index (χ4v) is 3.96. The Labute approximate surface area is 170 Å². The Morgan fingerprint density at radius 3 is 2.52 bits per heavy atom. The summed E-state index contributed by atoms with van der Waals surface area (Å²) in [5, 5.41) is 7.52. The van der Waals surface area contributed by atoms with Crippen LogP contribution in [0, 0.1) is 13.8 Å². The van der Waals surface area contributed by atoms with E-state index in [1.807, 2.05) is 30.3 Å². The zero-order valence-electron chi connectivity index (χ0n) is 16.9. The number of rotatable bonds is 4. The van der Waals surface area contributed by atoms with Crippen LogP contribution in [0.5, 0.6) is 0 Å². The molecule has 5 heteroatoms. The first kappa shape index (κ1) is 19.1. The van der Waals surface area contributed by atoms with Crippen molar-refractivity contribution in [2.45, 2.75) is 46.1 Å². The number of aromatic nitrogens is 2. The summed E-state index contributed by atoms with van der Waals surface area (Å²) in [6.07, 6.45) is 3.66. The lowest BCUT2D eigenvalue weighted by Crippen LogP contribution is -2.34. The molecule has 0 fully saturated rings. The van der Waals surface area contributed by atoms with Crippen molar-refractivity contribution in [2.75, 3.05) is 5.32 Å². The second-order valence-corrected chi connectivity index (χ2v) is 7.71. The van der Waals surface area contributed by atoms with Crippen LogP contribution in [0.1, 0.15) is 35.1 Å². The molecule has 0 atom stereocenters. The number of carbonyl (C=O) groups excluding carboxylic acids is 1. The number of nitrogens with zero attached hydrogens (tertiary/aromatic N) is 2. The third kappa shape index (κ3) is 3.99. The number of amides is 1. The summed E-state index contributed by atoms with van der Waals surface area (Å²) in [6.45, 7) is 4.01. The molecule has 4 rings (SSSR count). The molecule has 0 bridgehead atoms. The van der Waals surface area contributed by atoms with Gasteiger partial charge in [-0.05, 0) is 68.9 Å². The minimum atomic E-state index is -0.256. The highest BCUT2D eigenvalue weighted by atomic mass is 16.2. The van der Waals surface area contributed by atoms with Crippen molar-refractivity contribution in [3.8, 4) is 11.3 Å². The maximum atomic E-state index is 13.1. The zero-order valence-corrected chi connectivity index (χ0v) is 16.9. The number of benzene rings is 2. The lowest BCUT2D eigenvalue weighted by Gasteiger charge is -2.21. The van der Waals surface area contributed by atoms with Crippen LogP contribution in [0.25, 0.3) is 11.3 Å². The number of aryl methyl sites for hydroxylation is 2. The predicted molar refractivity (Wildman–Crippen MR) is 115 cm³/mol. The Balaban J connectivity index is 1.76. The molecule has 1 N–H and O–H groups in total. The van der Waals surface area contributed by atoms with Crippen LogP contribution >= 0.6 is 0 Å². The quantitative estimate of drug-likeness (QED) is 0.735. The molecule has 5 nitrogen and oxygen atoms in total. The molecule has 0 unspecified atom stereocenters. The molecule has 1 aromatic heterocycles. The monoisotopic (exact) mass is 387 g/mol. The first-order valence-corrected chi connectivity index (χ1v) is 10.1. The van der Waals surface area contributed by atoms with Crippen LogP contribution in [-0.2, 0) is 24.2 Å². The summed E-state index contributed by atoms with van der Waals surface area (Å²) in [7, 11) is 0. The molecular formula is C24H25N3O2. The van der Waals surface area contributed by atoms with Gasteiger partial charge in [-0.25, -0.2) is 4.68 Å². The van der Waals surface area contributed by atoms with E-state index >= 15 is 0 Å². The van der Waals surface area contributed by atoms with Crippen LogP contribution in [0.2, 0.25) is 0 Å². The molecule has 1 heterocycles. The Bertz CT molecular complexity index is 1120. The minimum absolute atomic E-state index is 0.0983. The highest BCUT2D eigenvalue weighted by molar-refractivity contribution is 5.90. The van der Waals surface area contributed by atoms with E-state index in [0.717, 1.165) is 59.2 Å². The molecule has 2 aromatic carbocycles.